The molecule has 0 amide bonds. The number of hydrogen-bond acceptors (Lipinski definition) is 6. The Bertz CT molecular complexity index is 603. The third kappa shape index (κ3) is 3.48. The fourth-order valence-electron chi connectivity index (χ4n) is 2.06. The first kappa shape index (κ1) is 13.8. The summed E-state index contributed by atoms with van der Waals surface area (Å²) in [5.41, 5.74) is 0. The van der Waals surface area contributed by atoms with E-state index >= 15 is 0 Å². The number of aryl methyl sites for hydroxylation is 1. The zero-order chi connectivity index (χ0) is 14.7. The highest BCUT2D eigenvalue weighted by atomic mass is 15.3. The Kier molecular flexibility index (Phi) is 3.98. The van der Waals surface area contributed by atoms with Gasteiger partial charge >= 0.3 is 0 Å². The van der Waals surface area contributed by atoms with Crippen molar-refractivity contribution in [1.82, 2.24) is 24.7 Å². The Labute approximate surface area is 124 Å². The molecule has 112 valence electrons. The number of hydrogen-bond donors (Lipinski definition) is 2. The Balaban J connectivity index is 1.73. The summed E-state index contributed by atoms with van der Waals surface area (Å²) < 4.78 is 1.90. The second-order valence-electron chi connectivity index (χ2n) is 5.41. The van der Waals surface area contributed by atoms with E-state index in [0.717, 1.165) is 36.3 Å². The number of rotatable bonds is 7. The van der Waals surface area contributed by atoms with Crippen LogP contribution in [-0.4, -0.2) is 31.3 Å². The van der Waals surface area contributed by atoms with Gasteiger partial charge in [-0.2, -0.15) is 0 Å². The van der Waals surface area contributed by atoms with Gasteiger partial charge < -0.3 is 15.2 Å². The summed E-state index contributed by atoms with van der Waals surface area (Å²) in [7, 11) is 1.93. The molecule has 0 atom stereocenters. The standard InChI is InChI=1S/C14H21N7/c1-3-6-15-11-7-12(19-14(18-11)10-4-5-10)16-8-13-20-17-9-21(13)2/h7,9-10H,3-6,8H2,1-2H3,(H2,15,16,18,19). The third-order valence-corrected chi connectivity index (χ3v) is 3.47. The average Bonchev–Trinajstić information content (AvgIpc) is 3.26. The van der Waals surface area contributed by atoms with Crippen LogP contribution in [0, 0.1) is 0 Å². The maximum atomic E-state index is 4.61. The van der Waals surface area contributed by atoms with Gasteiger partial charge in [0.2, 0.25) is 0 Å². The summed E-state index contributed by atoms with van der Waals surface area (Å²) in [5, 5.41) is 14.6. The van der Waals surface area contributed by atoms with Gasteiger partial charge in [-0.25, -0.2) is 9.97 Å². The van der Waals surface area contributed by atoms with E-state index in [-0.39, 0.29) is 0 Å². The first-order valence-electron chi connectivity index (χ1n) is 7.46. The predicted molar refractivity (Wildman–Crippen MR) is 81.1 cm³/mol. The topological polar surface area (TPSA) is 80.5 Å². The summed E-state index contributed by atoms with van der Waals surface area (Å²) in [6.45, 7) is 3.66. The van der Waals surface area contributed by atoms with E-state index in [1.807, 2.05) is 17.7 Å². The molecule has 2 N–H and O–H groups in total. The summed E-state index contributed by atoms with van der Waals surface area (Å²) in [6.07, 6.45) is 5.16. The van der Waals surface area contributed by atoms with E-state index in [4.69, 9.17) is 0 Å². The lowest BCUT2D eigenvalue weighted by atomic mass is 10.3. The average molecular weight is 287 g/mol. The van der Waals surface area contributed by atoms with E-state index in [0.29, 0.717) is 12.5 Å². The summed E-state index contributed by atoms with van der Waals surface area (Å²) in [5.74, 6) is 4.09. The van der Waals surface area contributed by atoms with E-state index in [9.17, 15) is 0 Å². The van der Waals surface area contributed by atoms with Gasteiger partial charge in [-0.05, 0) is 19.3 Å². The van der Waals surface area contributed by atoms with Gasteiger partial charge in [0.1, 0.15) is 23.8 Å². The van der Waals surface area contributed by atoms with Crippen molar-refractivity contribution >= 4 is 11.6 Å². The minimum atomic E-state index is 0.531. The third-order valence-electron chi connectivity index (χ3n) is 3.47. The smallest absolute Gasteiger partial charge is 0.151 e. The first-order chi connectivity index (χ1) is 10.3. The molecule has 2 aromatic heterocycles. The van der Waals surface area contributed by atoms with Crippen molar-refractivity contribution in [3.05, 3.63) is 24.0 Å². The molecule has 1 aliphatic carbocycles. The molecule has 1 fully saturated rings. The van der Waals surface area contributed by atoms with Gasteiger partial charge in [-0.15, -0.1) is 10.2 Å². The van der Waals surface area contributed by atoms with Crippen LogP contribution in [0.25, 0.3) is 0 Å². The second-order valence-corrected chi connectivity index (χ2v) is 5.41. The fourth-order valence-corrected chi connectivity index (χ4v) is 2.06. The molecule has 0 bridgehead atoms. The highest BCUT2D eigenvalue weighted by Crippen LogP contribution is 2.38. The van der Waals surface area contributed by atoms with Crippen molar-refractivity contribution in [3.63, 3.8) is 0 Å². The van der Waals surface area contributed by atoms with E-state index in [1.54, 1.807) is 6.33 Å². The summed E-state index contributed by atoms with van der Waals surface area (Å²) in [6, 6.07) is 1.96. The molecule has 7 nitrogen and oxygen atoms in total. The number of anilines is 2. The molecule has 0 aromatic carbocycles. The maximum absolute atomic E-state index is 4.61. The van der Waals surface area contributed by atoms with Crippen molar-refractivity contribution in [1.29, 1.82) is 0 Å². The van der Waals surface area contributed by atoms with Gasteiger partial charge in [-0.1, -0.05) is 6.92 Å². The van der Waals surface area contributed by atoms with Crippen LogP contribution in [0.1, 0.15) is 43.8 Å². The molecule has 2 heterocycles. The molecule has 0 saturated heterocycles. The lowest BCUT2D eigenvalue weighted by Crippen LogP contribution is -2.10. The van der Waals surface area contributed by atoms with Crippen molar-refractivity contribution in [2.24, 2.45) is 7.05 Å². The predicted octanol–water partition coefficient (Wildman–Crippen LogP) is 1.92. The largest absolute Gasteiger partial charge is 0.370 e. The highest BCUT2D eigenvalue weighted by molar-refractivity contribution is 5.48. The van der Waals surface area contributed by atoms with Gasteiger partial charge in [0.25, 0.3) is 0 Å². The minimum absolute atomic E-state index is 0.531. The van der Waals surface area contributed by atoms with Crippen LogP contribution < -0.4 is 10.6 Å². The SMILES string of the molecule is CCCNc1cc(NCc2nncn2C)nc(C2CC2)n1. The Morgan fingerprint density at radius 1 is 1.24 bits per heavy atom. The summed E-state index contributed by atoms with van der Waals surface area (Å²) >= 11 is 0. The monoisotopic (exact) mass is 287 g/mol. The van der Waals surface area contributed by atoms with E-state index in [2.05, 4.69) is 37.7 Å². The molecule has 2 aromatic rings. The zero-order valence-electron chi connectivity index (χ0n) is 12.5. The molecule has 21 heavy (non-hydrogen) atoms. The van der Waals surface area contributed by atoms with Crippen LogP contribution in [0.3, 0.4) is 0 Å². The molecule has 0 aliphatic heterocycles. The van der Waals surface area contributed by atoms with Crippen LogP contribution in [0.5, 0.6) is 0 Å². The molecule has 7 heteroatoms. The molecular weight excluding hydrogens is 266 g/mol. The van der Waals surface area contributed by atoms with Gasteiger partial charge in [0.15, 0.2) is 5.82 Å². The molecule has 1 aliphatic rings. The van der Waals surface area contributed by atoms with Crippen LogP contribution in [-0.2, 0) is 13.6 Å². The molecule has 0 spiro atoms. The Morgan fingerprint density at radius 3 is 2.62 bits per heavy atom. The minimum Gasteiger partial charge on any atom is -0.370 e. The first-order valence-corrected chi connectivity index (χ1v) is 7.46. The zero-order valence-corrected chi connectivity index (χ0v) is 12.5. The number of nitrogens with one attached hydrogen (secondary N) is 2. The molecule has 0 radical (unpaired) electrons. The van der Waals surface area contributed by atoms with Crippen LogP contribution in [0.4, 0.5) is 11.6 Å². The highest BCUT2D eigenvalue weighted by Gasteiger charge is 2.27. The number of aromatic nitrogens is 5. The van der Waals surface area contributed by atoms with Crippen molar-refractivity contribution in [2.45, 2.75) is 38.6 Å². The Hall–Kier alpha value is -2.18. The summed E-state index contributed by atoms with van der Waals surface area (Å²) in [4.78, 5) is 9.21. The fraction of sp³-hybridized carbons (Fsp3) is 0.571. The van der Waals surface area contributed by atoms with Crippen LogP contribution >= 0.6 is 0 Å². The van der Waals surface area contributed by atoms with Crippen LogP contribution in [0.15, 0.2) is 12.4 Å². The molecule has 3 rings (SSSR count). The molecular formula is C14H21N7. The Morgan fingerprint density at radius 2 is 2.00 bits per heavy atom. The maximum Gasteiger partial charge on any atom is 0.151 e. The van der Waals surface area contributed by atoms with Gasteiger partial charge in [0.05, 0.1) is 6.54 Å². The van der Waals surface area contributed by atoms with Gasteiger partial charge in [-0.3, -0.25) is 0 Å². The van der Waals surface area contributed by atoms with E-state index in [1.165, 1.54) is 12.8 Å². The van der Waals surface area contributed by atoms with Crippen molar-refractivity contribution < 1.29 is 0 Å². The molecule has 1 saturated carbocycles. The quantitative estimate of drug-likeness (QED) is 0.809. The lowest BCUT2D eigenvalue weighted by Gasteiger charge is -2.10. The second kappa shape index (κ2) is 6.07. The van der Waals surface area contributed by atoms with E-state index < -0.39 is 0 Å². The van der Waals surface area contributed by atoms with Crippen molar-refractivity contribution in [3.8, 4) is 0 Å². The lowest BCUT2D eigenvalue weighted by molar-refractivity contribution is 0.807. The molecule has 0 unspecified atom stereocenters. The van der Waals surface area contributed by atoms with Crippen LogP contribution in [0.2, 0.25) is 0 Å². The van der Waals surface area contributed by atoms with Crippen molar-refractivity contribution in [2.75, 3.05) is 17.2 Å². The normalized spacial score (nSPS) is 14.2. The number of nitrogens with zero attached hydrogens (tertiary/aromatic N) is 5. The van der Waals surface area contributed by atoms with Gasteiger partial charge in [0, 0.05) is 25.6 Å².